The number of nitrogens with one attached hydrogen (secondary N) is 1. The number of nitrogens with zero attached hydrogens (tertiary/aromatic N) is 2. The van der Waals surface area contributed by atoms with Crippen LogP contribution in [0.15, 0.2) is 46.3 Å². The maximum atomic E-state index is 12.0. The van der Waals surface area contributed by atoms with Gasteiger partial charge in [0, 0.05) is 10.6 Å². The molecule has 1 aromatic carbocycles. The molecular weight excluding hydrogens is 322 g/mol. The minimum absolute atomic E-state index is 0.159. The Morgan fingerprint density at radius 3 is 2.77 bits per heavy atom. The van der Waals surface area contributed by atoms with Crippen LogP contribution in [0.2, 0.25) is 5.02 Å². The van der Waals surface area contributed by atoms with Crippen LogP contribution in [0.3, 0.4) is 0 Å². The molecule has 0 aliphatic heterocycles. The van der Waals surface area contributed by atoms with Gasteiger partial charge in [-0.05, 0) is 42.6 Å². The molecule has 0 aliphatic carbocycles. The zero-order valence-corrected chi connectivity index (χ0v) is 13.2. The van der Waals surface area contributed by atoms with E-state index in [-0.39, 0.29) is 11.9 Å². The molecule has 0 unspecified atom stereocenters. The van der Waals surface area contributed by atoms with Crippen molar-refractivity contribution in [3.8, 4) is 11.4 Å². The number of benzene rings is 1. The van der Waals surface area contributed by atoms with E-state index < -0.39 is 0 Å². The molecule has 22 heavy (non-hydrogen) atoms. The second-order valence-corrected chi connectivity index (χ2v) is 6.02. The van der Waals surface area contributed by atoms with E-state index in [1.807, 2.05) is 23.6 Å². The Hall–Kier alpha value is -2.18. The first-order chi connectivity index (χ1) is 10.6. The van der Waals surface area contributed by atoms with Crippen molar-refractivity contribution >= 4 is 28.8 Å². The molecular formula is C15H12ClN3O2S. The van der Waals surface area contributed by atoms with Crippen LogP contribution in [0.4, 0.5) is 0 Å². The van der Waals surface area contributed by atoms with Crippen LogP contribution in [0.1, 0.15) is 28.5 Å². The molecule has 7 heteroatoms. The Morgan fingerprint density at radius 2 is 2.09 bits per heavy atom. The van der Waals surface area contributed by atoms with Gasteiger partial charge in [0.15, 0.2) is 0 Å². The van der Waals surface area contributed by atoms with Gasteiger partial charge in [-0.1, -0.05) is 22.8 Å². The lowest BCUT2D eigenvalue weighted by atomic mass is 10.2. The van der Waals surface area contributed by atoms with E-state index >= 15 is 0 Å². The number of rotatable bonds is 4. The molecule has 2 heterocycles. The van der Waals surface area contributed by atoms with Gasteiger partial charge < -0.3 is 9.84 Å². The zero-order valence-electron chi connectivity index (χ0n) is 11.6. The Bertz CT molecular complexity index is 768. The third-order valence-electron chi connectivity index (χ3n) is 3.01. The first kappa shape index (κ1) is 14.7. The summed E-state index contributed by atoms with van der Waals surface area (Å²) >= 11 is 7.23. The summed E-state index contributed by atoms with van der Waals surface area (Å²) in [5.74, 6) is 0.660. The highest BCUT2D eigenvalue weighted by Crippen LogP contribution is 2.21. The van der Waals surface area contributed by atoms with Crippen molar-refractivity contribution in [3.63, 3.8) is 0 Å². The van der Waals surface area contributed by atoms with E-state index in [0.29, 0.717) is 21.6 Å². The van der Waals surface area contributed by atoms with Gasteiger partial charge in [-0.25, -0.2) is 0 Å². The highest BCUT2D eigenvalue weighted by Gasteiger charge is 2.18. The molecule has 5 nitrogen and oxygen atoms in total. The molecule has 1 atom stereocenters. The van der Waals surface area contributed by atoms with Crippen LogP contribution in [0.5, 0.6) is 0 Å². The average molecular weight is 334 g/mol. The lowest BCUT2D eigenvalue weighted by Gasteiger charge is -2.07. The largest absolute Gasteiger partial charge is 0.340 e. The fraction of sp³-hybridized carbons (Fsp3) is 0.133. The van der Waals surface area contributed by atoms with Crippen LogP contribution in [0, 0.1) is 0 Å². The number of hydrogen-bond acceptors (Lipinski definition) is 5. The van der Waals surface area contributed by atoms with Gasteiger partial charge in [0.05, 0.1) is 4.88 Å². The molecule has 0 fully saturated rings. The number of amides is 1. The molecule has 112 valence electrons. The molecule has 3 rings (SSSR count). The highest BCUT2D eigenvalue weighted by atomic mass is 35.5. The van der Waals surface area contributed by atoms with Gasteiger partial charge in [0.1, 0.15) is 6.04 Å². The van der Waals surface area contributed by atoms with E-state index in [0.717, 1.165) is 5.56 Å². The molecule has 1 amide bonds. The van der Waals surface area contributed by atoms with E-state index in [1.165, 1.54) is 11.3 Å². The van der Waals surface area contributed by atoms with Crippen molar-refractivity contribution < 1.29 is 9.32 Å². The molecule has 2 aromatic heterocycles. The molecule has 0 radical (unpaired) electrons. The Labute approximate surface area is 135 Å². The number of carbonyl (C=O) groups is 1. The Balaban J connectivity index is 1.73. The van der Waals surface area contributed by atoms with Gasteiger partial charge in [0.2, 0.25) is 11.7 Å². The summed E-state index contributed by atoms with van der Waals surface area (Å²) in [6, 6.07) is 10.4. The third-order valence-corrected chi connectivity index (χ3v) is 4.13. The van der Waals surface area contributed by atoms with Crippen molar-refractivity contribution in [3.05, 3.63) is 57.6 Å². The third kappa shape index (κ3) is 3.18. The van der Waals surface area contributed by atoms with Crippen molar-refractivity contribution in [1.82, 2.24) is 15.5 Å². The highest BCUT2D eigenvalue weighted by molar-refractivity contribution is 7.12. The van der Waals surface area contributed by atoms with Gasteiger partial charge in [-0.2, -0.15) is 4.98 Å². The fourth-order valence-electron chi connectivity index (χ4n) is 1.86. The summed E-state index contributed by atoms with van der Waals surface area (Å²) in [7, 11) is 0. The molecule has 0 saturated carbocycles. The fourth-order valence-corrected chi connectivity index (χ4v) is 2.62. The van der Waals surface area contributed by atoms with Gasteiger partial charge in [-0.3, -0.25) is 4.79 Å². The summed E-state index contributed by atoms with van der Waals surface area (Å²) in [4.78, 5) is 17.0. The first-order valence-electron chi connectivity index (χ1n) is 6.57. The van der Waals surface area contributed by atoms with Crippen LogP contribution in [-0.2, 0) is 0 Å². The molecule has 0 aliphatic rings. The maximum Gasteiger partial charge on any atom is 0.261 e. The van der Waals surface area contributed by atoms with E-state index in [1.54, 1.807) is 25.1 Å². The smallest absolute Gasteiger partial charge is 0.261 e. The van der Waals surface area contributed by atoms with E-state index in [2.05, 4.69) is 15.5 Å². The van der Waals surface area contributed by atoms with Crippen molar-refractivity contribution in [1.29, 1.82) is 0 Å². The number of carbonyl (C=O) groups excluding carboxylic acids is 1. The molecule has 0 spiro atoms. The summed E-state index contributed by atoms with van der Waals surface area (Å²) in [6.07, 6.45) is 0. The van der Waals surface area contributed by atoms with E-state index in [9.17, 15) is 4.79 Å². The predicted molar refractivity (Wildman–Crippen MR) is 84.9 cm³/mol. The Kier molecular flexibility index (Phi) is 4.22. The van der Waals surface area contributed by atoms with Crippen molar-refractivity contribution in [2.24, 2.45) is 0 Å². The maximum absolute atomic E-state index is 12.0. The summed E-state index contributed by atoms with van der Waals surface area (Å²) in [5.41, 5.74) is 0.802. The lowest BCUT2D eigenvalue weighted by Crippen LogP contribution is -2.26. The van der Waals surface area contributed by atoms with Crippen molar-refractivity contribution in [2.75, 3.05) is 0 Å². The summed E-state index contributed by atoms with van der Waals surface area (Å²) < 4.78 is 5.22. The molecule has 1 N–H and O–H groups in total. The van der Waals surface area contributed by atoms with E-state index in [4.69, 9.17) is 16.1 Å². The second kappa shape index (κ2) is 6.29. The average Bonchev–Trinajstić information content (AvgIpc) is 3.20. The van der Waals surface area contributed by atoms with Crippen molar-refractivity contribution in [2.45, 2.75) is 13.0 Å². The molecule has 0 saturated heterocycles. The Morgan fingerprint density at radius 1 is 1.32 bits per heavy atom. The zero-order chi connectivity index (χ0) is 15.5. The standard InChI is InChI=1S/C15H12ClN3O2S/c1-9(17-14(20)12-3-2-8-22-12)15-18-13(19-21-15)10-4-6-11(16)7-5-10/h2-9H,1H3,(H,17,20)/t9-/m0/s1. The van der Waals surface area contributed by atoms with Gasteiger partial charge in [-0.15, -0.1) is 11.3 Å². The quantitative estimate of drug-likeness (QED) is 0.785. The monoisotopic (exact) mass is 333 g/mol. The summed E-state index contributed by atoms with van der Waals surface area (Å²) in [6.45, 7) is 1.80. The van der Waals surface area contributed by atoms with Crippen LogP contribution < -0.4 is 5.32 Å². The SMILES string of the molecule is C[C@H](NC(=O)c1cccs1)c1nc(-c2ccc(Cl)cc2)no1. The predicted octanol–water partition coefficient (Wildman–Crippen LogP) is 3.94. The van der Waals surface area contributed by atoms with Crippen LogP contribution in [-0.4, -0.2) is 16.0 Å². The van der Waals surface area contributed by atoms with Gasteiger partial charge in [0.25, 0.3) is 5.91 Å². The van der Waals surface area contributed by atoms with Crippen LogP contribution >= 0.6 is 22.9 Å². The first-order valence-corrected chi connectivity index (χ1v) is 7.83. The second-order valence-electron chi connectivity index (χ2n) is 4.64. The number of halogens is 1. The molecule has 0 bridgehead atoms. The molecule has 3 aromatic rings. The van der Waals surface area contributed by atoms with Gasteiger partial charge >= 0.3 is 0 Å². The minimum atomic E-state index is -0.372. The normalized spacial score (nSPS) is 12.1. The number of hydrogen-bond donors (Lipinski definition) is 1. The lowest BCUT2D eigenvalue weighted by molar-refractivity contribution is 0.0936. The summed E-state index contributed by atoms with van der Waals surface area (Å²) in [5, 5.41) is 9.25. The van der Waals surface area contributed by atoms with Crippen LogP contribution in [0.25, 0.3) is 11.4 Å². The number of aromatic nitrogens is 2. The number of thiophene rings is 1. The minimum Gasteiger partial charge on any atom is -0.340 e. The topological polar surface area (TPSA) is 68.0 Å².